The van der Waals surface area contributed by atoms with E-state index in [1.165, 1.54) is 10.9 Å². The summed E-state index contributed by atoms with van der Waals surface area (Å²) in [7, 11) is 0. The Kier molecular flexibility index (Phi) is 5.01. The summed E-state index contributed by atoms with van der Waals surface area (Å²) in [5.74, 6) is 0. The molecule has 0 unspecified atom stereocenters. The van der Waals surface area contributed by atoms with Crippen molar-refractivity contribution in [2.24, 2.45) is 0 Å². The fraction of sp³-hybridized carbons (Fsp3) is 0.231. The molecule has 0 atom stereocenters. The maximum absolute atomic E-state index is 10.8. The maximum atomic E-state index is 10.8. The second kappa shape index (κ2) is 6.56. The van der Waals surface area contributed by atoms with E-state index in [-0.39, 0.29) is 10.6 Å². The quantitative estimate of drug-likeness (QED) is 0.588. The van der Waals surface area contributed by atoms with Crippen molar-refractivity contribution in [3.05, 3.63) is 53.6 Å². The molecule has 4 nitrogen and oxygen atoms in total. The highest BCUT2D eigenvalue weighted by atomic mass is 79.9. The Morgan fingerprint density at radius 1 is 1.45 bits per heavy atom. The Morgan fingerprint density at radius 3 is 2.80 bits per heavy atom. The third-order valence-electron chi connectivity index (χ3n) is 2.80. The van der Waals surface area contributed by atoms with Crippen molar-refractivity contribution in [3.63, 3.8) is 0 Å². The van der Waals surface area contributed by atoms with Crippen LogP contribution in [0.2, 0.25) is 4.34 Å². The van der Waals surface area contributed by atoms with Gasteiger partial charge in [0.2, 0.25) is 0 Å². The molecular weight excluding hydrogens is 364 g/mol. The van der Waals surface area contributed by atoms with Crippen LogP contribution in [0, 0.1) is 17.0 Å². The molecule has 2 rings (SSSR count). The highest BCUT2D eigenvalue weighted by molar-refractivity contribution is 9.10. The van der Waals surface area contributed by atoms with E-state index in [0.717, 1.165) is 23.0 Å². The molecule has 0 aliphatic heterocycles. The molecule has 1 N–H and O–H groups in total. The van der Waals surface area contributed by atoms with E-state index in [4.69, 9.17) is 11.6 Å². The zero-order chi connectivity index (χ0) is 14.7. The number of nitro benzene ring substituents is 1. The fourth-order valence-corrected chi connectivity index (χ4v) is 3.37. The summed E-state index contributed by atoms with van der Waals surface area (Å²) in [6, 6.07) is 7.20. The Morgan fingerprint density at radius 2 is 2.20 bits per heavy atom. The van der Waals surface area contributed by atoms with Crippen LogP contribution in [0.5, 0.6) is 0 Å². The minimum atomic E-state index is -0.377. The molecule has 1 aromatic carbocycles. The van der Waals surface area contributed by atoms with Gasteiger partial charge in [-0.15, -0.1) is 11.3 Å². The van der Waals surface area contributed by atoms with Crippen LogP contribution in [0.4, 0.5) is 11.4 Å². The zero-order valence-electron chi connectivity index (χ0n) is 10.7. The maximum Gasteiger partial charge on any atom is 0.273 e. The van der Waals surface area contributed by atoms with Gasteiger partial charge in [-0.1, -0.05) is 11.6 Å². The van der Waals surface area contributed by atoms with Crippen molar-refractivity contribution in [2.75, 3.05) is 11.9 Å². The van der Waals surface area contributed by atoms with Gasteiger partial charge in [-0.25, -0.2) is 0 Å². The number of nitrogens with zero attached hydrogens (tertiary/aromatic N) is 1. The number of nitro groups is 1. The summed E-state index contributed by atoms with van der Waals surface area (Å²) >= 11 is 10.8. The molecule has 0 aliphatic carbocycles. The van der Waals surface area contributed by atoms with E-state index in [9.17, 15) is 10.1 Å². The summed E-state index contributed by atoms with van der Waals surface area (Å²) in [5, 5.41) is 14.1. The van der Waals surface area contributed by atoms with E-state index in [1.807, 2.05) is 12.1 Å². The van der Waals surface area contributed by atoms with Gasteiger partial charge >= 0.3 is 0 Å². The van der Waals surface area contributed by atoms with Gasteiger partial charge in [-0.3, -0.25) is 10.1 Å². The average molecular weight is 376 g/mol. The standard InChI is InChI=1S/C13H12BrClN2O2S/c1-8-6-11(10(14)7-12(8)17(18)19)16-5-4-9-2-3-13(15)20-9/h2-3,6-7,16H,4-5H2,1H3. The van der Waals surface area contributed by atoms with Crippen molar-refractivity contribution in [3.8, 4) is 0 Å². The topological polar surface area (TPSA) is 55.2 Å². The number of rotatable bonds is 5. The molecule has 0 amide bonds. The molecule has 2 aromatic rings. The van der Waals surface area contributed by atoms with Crippen LogP contribution in [0.15, 0.2) is 28.7 Å². The summed E-state index contributed by atoms with van der Waals surface area (Å²) < 4.78 is 1.48. The largest absolute Gasteiger partial charge is 0.384 e. The summed E-state index contributed by atoms with van der Waals surface area (Å²) in [6.07, 6.45) is 0.861. The van der Waals surface area contributed by atoms with Crippen LogP contribution in [0.1, 0.15) is 10.4 Å². The van der Waals surface area contributed by atoms with Gasteiger partial charge in [0.05, 0.1) is 9.26 Å². The predicted molar refractivity (Wildman–Crippen MR) is 87.1 cm³/mol. The molecule has 0 bridgehead atoms. The first-order valence-corrected chi connectivity index (χ1v) is 7.88. The molecule has 0 saturated heterocycles. The molecule has 1 aromatic heterocycles. The number of thiophene rings is 1. The monoisotopic (exact) mass is 374 g/mol. The molecule has 0 aliphatic rings. The number of anilines is 1. The van der Waals surface area contributed by atoms with Crippen molar-refractivity contribution < 1.29 is 4.92 Å². The summed E-state index contributed by atoms with van der Waals surface area (Å²) in [4.78, 5) is 11.7. The van der Waals surface area contributed by atoms with Gasteiger partial charge in [0.15, 0.2) is 0 Å². The second-order valence-corrected chi connectivity index (χ2v) is 6.91. The molecule has 20 heavy (non-hydrogen) atoms. The lowest BCUT2D eigenvalue weighted by Gasteiger charge is -2.09. The first kappa shape index (κ1) is 15.3. The number of halogens is 2. The van der Waals surface area contributed by atoms with Crippen LogP contribution in [-0.2, 0) is 6.42 Å². The first-order chi connectivity index (χ1) is 9.47. The molecule has 0 spiro atoms. The first-order valence-electron chi connectivity index (χ1n) is 5.90. The van der Waals surface area contributed by atoms with Crippen LogP contribution in [-0.4, -0.2) is 11.5 Å². The van der Waals surface area contributed by atoms with Gasteiger partial charge in [0, 0.05) is 33.2 Å². The Bertz CT molecular complexity index is 645. The van der Waals surface area contributed by atoms with E-state index < -0.39 is 0 Å². The molecule has 0 fully saturated rings. The molecule has 106 valence electrons. The molecule has 0 radical (unpaired) electrons. The summed E-state index contributed by atoms with van der Waals surface area (Å²) in [5.41, 5.74) is 1.61. The lowest BCUT2D eigenvalue weighted by molar-refractivity contribution is -0.385. The third-order valence-corrected chi connectivity index (χ3v) is 4.75. The van der Waals surface area contributed by atoms with Crippen LogP contribution >= 0.6 is 38.9 Å². The van der Waals surface area contributed by atoms with Crippen LogP contribution < -0.4 is 5.32 Å². The van der Waals surface area contributed by atoms with Crippen molar-refractivity contribution in [1.82, 2.24) is 0 Å². The van der Waals surface area contributed by atoms with Crippen LogP contribution in [0.25, 0.3) is 0 Å². The van der Waals surface area contributed by atoms with E-state index in [1.54, 1.807) is 24.3 Å². The van der Waals surface area contributed by atoms with Crippen molar-refractivity contribution >= 4 is 50.2 Å². The lowest BCUT2D eigenvalue weighted by Crippen LogP contribution is -2.05. The van der Waals surface area contributed by atoms with Crippen molar-refractivity contribution in [1.29, 1.82) is 0 Å². The van der Waals surface area contributed by atoms with Crippen LogP contribution in [0.3, 0.4) is 0 Å². The number of benzene rings is 1. The average Bonchev–Trinajstić information content (AvgIpc) is 2.78. The van der Waals surface area contributed by atoms with Gasteiger partial charge < -0.3 is 5.32 Å². The number of nitrogens with one attached hydrogen (secondary N) is 1. The molecular formula is C13H12BrClN2O2S. The number of hydrogen-bond donors (Lipinski definition) is 1. The normalized spacial score (nSPS) is 10.6. The number of aryl methyl sites for hydroxylation is 1. The van der Waals surface area contributed by atoms with Gasteiger partial charge in [0.1, 0.15) is 0 Å². The SMILES string of the molecule is Cc1cc(NCCc2ccc(Cl)s2)c(Br)cc1[N+](=O)[O-]. The minimum Gasteiger partial charge on any atom is -0.384 e. The third kappa shape index (κ3) is 3.71. The predicted octanol–water partition coefficient (Wildman–Crippen LogP) is 5.04. The van der Waals surface area contributed by atoms with Gasteiger partial charge in [-0.2, -0.15) is 0 Å². The van der Waals surface area contributed by atoms with Gasteiger partial charge in [0.25, 0.3) is 5.69 Å². The smallest absolute Gasteiger partial charge is 0.273 e. The molecule has 0 saturated carbocycles. The Labute approximate surface area is 134 Å². The Balaban J connectivity index is 2.03. The molecule has 1 heterocycles. The minimum absolute atomic E-state index is 0.118. The van der Waals surface area contributed by atoms with E-state index in [2.05, 4.69) is 21.2 Å². The second-order valence-electron chi connectivity index (χ2n) is 4.26. The summed E-state index contributed by atoms with van der Waals surface area (Å²) in [6.45, 7) is 2.47. The fourth-order valence-electron chi connectivity index (χ4n) is 1.81. The highest BCUT2D eigenvalue weighted by Crippen LogP contribution is 2.30. The highest BCUT2D eigenvalue weighted by Gasteiger charge is 2.13. The van der Waals surface area contributed by atoms with E-state index >= 15 is 0 Å². The Hall–Kier alpha value is -1.11. The van der Waals surface area contributed by atoms with E-state index in [0.29, 0.717) is 10.0 Å². The number of hydrogen-bond acceptors (Lipinski definition) is 4. The lowest BCUT2D eigenvalue weighted by atomic mass is 10.2. The molecule has 7 heteroatoms. The zero-order valence-corrected chi connectivity index (χ0v) is 13.8. The van der Waals surface area contributed by atoms with Crippen molar-refractivity contribution in [2.45, 2.75) is 13.3 Å². The van der Waals surface area contributed by atoms with Gasteiger partial charge in [-0.05, 0) is 47.5 Å².